The predicted molar refractivity (Wildman–Crippen MR) is 140 cm³/mol. The van der Waals surface area contributed by atoms with E-state index in [1.165, 1.54) is 32.9 Å². The molecule has 4 heteroatoms. The van der Waals surface area contributed by atoms with E-state index in [4.69, 9.17) is 0 Å². The van der Waals surface area contributed by atoms with Gasteiger partial charge in [-0.15, -0.1) is 0 Å². The highest BCUT2D eigenvalue weighted by molar-refractivity contribution is 6.34. The van der Waals surface area contributed by atoms with Crippen LogP contribution in [0.2, 0.25) is 0 Å². The van der Waals surface area contributed by atoms with Gasteiger partial charge >= 0.3 is 11.9 Å². The summed E-state index contributed by atoms with van der Waals surface area (Å²) in [6.45, 7) is 0. The summed E-state index contributed by atoms with van der Waals surface area (Å²) in [4.78, 5) is 23.8. The molecule has 36 heavy (non-hydrogen) atoms. The van der Waals surface area contributed by atoms with Crippen molar-refractivity contribution < 1.29 is 19.8 Å². The maximum Gasteiger partial charge on any atom is 0.335 e. The van der Waals surface area contributed by atoms with Crippen LogP contribution < -0.4 is 5.22 Å². The molecule has 5 aromatic carbocycles. The number of rotatable bonds is 2. The first-order valence-corrected chi connectivity index (χ1v) is 12.0. The van der Waals surface area contributed by atoms with Crippen LogP contribution in [-0.4, -0.2) is 22.2 Å². The molecule has 0 saturated heterocycles. The first-order valence-electron chi connectivity index (χ1n) is 12.0. The van der Waals surface area contributed by atoms with Gasteiger partial charge in [0, 0.05) is 17.9 Å². The molecule has 0 amide bonds. The van der Waals surface area contributed by atoms with E-state index >= 15 is 0 Å². The molecule has 0 heterocycles. The second-order valence-corrected chi connectivity index (χ2v) is 10.3. The summed E-state index contributed by atoms with van der Waals surface area (Å²) in [5, 5.41) is 29.6. The number of carbonyl (C=O) groups is 2. The van der Waals surface area contributed by atoms with Crippen molar-refractivity contribution in [3.63, 3.8) is 0 Å². The lowest BCUT2D eigenvalue weighted by Crippen LogP contribution is -2.28. The number of carboxylic acids is 2. The van der Waals surface area contributed by atoms with Crippen molar-refractivity contribution in [1.29, 1.82) is 0 Å². The Bertz CT molecular complexity index is 2150. The zero-order valence-electron chi connectivity index (χ0n) is 18.8. The lowest BCUT2D eigenvalue weighted by Gasteiger charge is -2.39. The van der Waals surface area contributed by atoms with Gasteiger partial charge in [-0.05, 0) is 118 Å². The molecule has 1 unspecified atom stereocenters. The van der Waals surface area contributed by atoms with Gasteiger partial charge in [0.05, 0.1) is 5.56 Å². The average molecular weight is 464 g/mol. The van der Waals surface area contributed by atoms with E-state index in [0.717, 1.165) is 48.9 Å². The maximum atomic E-state index is 11.9. The molecule has 0 bridgehead atoms. The molecule has 0 saturated carbocycles. The number of carboxylic acid groups (broad SMARTS) is 2. The third-order valence-electron chi connectivity index (χ3n) is 8.59. The largest absolute Gasteiger partial charge is 0.478 e. The Morgan fingerprint density at radius 1 is 0.694 bits per heavy atom. The van der Waals surface area contributed by atoms with Crippen LogP contribution in [0, 0.1) is 0 Å². The Balaban J connectivity index is 1.58. The highest BCUT2D eigenvalue weighted by atomic mass is 16.4. The van der Waals surface area contributed by atoms with Crippen molar-refractivity contribution in [3.8, 4) is 0 Å². The molecule has 0 fully saturated rings. The molecule has 0 spiro atoms. The highest BCUT2D eigenvalue weighted by Gasteiger charge is 2.39. The van der Waals surface area contributed by atoms with Crippen molar-refractivity contribution in [3.05, 3.63) is 104 Å². The number of benzene rings is 5. The second-order valence-electron chi connectivity index (χ2n) is 10.3. The highest BCUT2D eigenvalue weighted by Crippen LogP contribution is 2.56. The molecule has 1 atom stereocenters. The fraction of sp³-hybridized carbons (Fsp3) is 0.0625. The molecule has 2 N–H and O–H groups in total. The molecule has 4 nitrogen and oxygen atoms in total. The summed E-state index contributed by atoms with van der Waals surface area (Å²) >= 11 is 0. The Kier molecular flexibility index (Phi) is 2.97. The Hall–Kier alpha value is -4.70. The van der Waals surface area contributed by atoms with Gasteiger partial charge in [0.1, 0.15) is 0 Å². The first-order chi connectivity index (χ1) is 17.5. The number of allylic oxidation sites excluding steroid dienone is 4. The topological polar surface area (TPSA) is 74.6 Å². The van der Waals surface area contributed by atoms with Gasteiger partial charge in [0.25, 0.3) is 0 Å². The number of aliphatic carboxylic acids is 1. The standard InChI is InChI=1S/C32H16O4/c33-31(34)21-9-17-5-13-1-2-14-6-18-10-22(32(35)36)12-20-8-16-4-3-15-7-19(11-21)23(17)29-25(13)26(14)30(24(18)20)28(16)27(15)29/h1-11,30H,12H2,(H,33,34)(H,35,36). The number of aromatic carboxylic acids is 1. The number of hydrogen-bond donors (Lipinski definition) is 2. The molecule has 4 aliphatic rings. The van der Waals surface area contributed by atoms with Crippen LogP contribution in [0.25, 0.3) is 55.2 Å². The smallest absolute Gasteiger partial charge is 0.335 e. The van der Waals surface area contributed by atoms with Crippen molar-refractivity contribution in [2.45, 2.75) is 12.3 Å². The minimum absolute atomic E-state index is 0.0680. The molecule has 0 radical (unpaired) electrons. The van der Waals surface area contributed by atoms with Crippen LogP contribution >= 0.6 is 0 Å². The van der Waals surface area contributed by atoms with Crippen LogP contribution in [0.5, 0.6) is 0 Å². The van der Waals surface area contributed by atoms with E-state index in [1.54, 1.807) is 12.1 Å². The molecule has 0 aromatic heterocycles. The molecule has 9 rings (SSSR count). The van der Waals surface area contributed by atoms with Crippen LogP contribution in [-0.2, 0) is 4.79 Å². The summed E-state index contributed by atoms with van der Waals surface area (Å²) in [6, 6.07) is 16.4. The third kappa shape index (κ3) is 1.96. The van der Waals surface area contributed by atoms with E-state index in [0.29, 0.717) is 17.6 Å². The van der Waals surface area contributed by atoms with Gasteiger partial charge in [-0.25, -0.2) is 9.59 Å². The molecular weight excluding hydrogens is 448 g/mol. The predicted octanol–water partition coefficient (Wildman–Crippen LogP) is 6.06. The van der Waals surface area contributed by atoms with E-state index in [9.17, 15) is 19.8 Å². The van der Waals surface area contributed by atoms with Crippen LogP contribution in [0.1, 0.15) is 39.4 Å². The van der Waals surface area contributed by atoms with Crippen molar-refractivity contribution in [2.75, 3.05) is 0 Å². The molecule has 0 aliphatic heterocycles. The minimum Gasteiger partial charge on any atom is -0.478 e. The van der Waals surface area contributed by atoms with Crippen molar-refractivity contribution in [2.24, 2.45) is 0 Å². The average Bonchev–Trinajstić information content (AvgIpc) is 2.87. The monoisotopic (exact) mass is 464 g/mol. The third-order valence-corrected chi connectivity index (χ3v) is 8.59. The molecular formula is C32H16O4. The first kappa shape index (κ1) is 18.6. The maximum absolute atomic E-state index is 11.9. The SMILES string of the molecule is O=C(O)C1=CC2=Cc3ccc4cc5cc(C(=O)O)cc6cc7ccc8c9c7c(c4c3C9C2=C(C=8)C1)c56. The van der Waals surface area contributed by atoms with E-state index < -0.39 is 11.9 Å². The van der Waals surface area contributed by atoms with Gasteiger partial charge in [-0.1, -0.05) is 30.3 Å². The zero-order chi connectivity index (χ0) is 24.0. The van der Waals surface area contributed by atoms with Crippen molar-refractivity contribution >= 4 is 67.2 Å². The Morgan fingerprint density at radius 2 is 1.42 bits per heavy atom. The number of hydrogen-bond acceptors (Lipinski definition) is 2. The van der Waals surface area contributed by atoms with Gasteiger partial charge in [-0.2, -0.15) is 0 Å². The lowest BCUT2D eigenvalue weighted by atomic mass is 9.63. The van der Waals surface area contributed by atoms with E-state index in [2.05, 4.69) is 48.6 Å². The fourth-order valence-corrected chi connectivity index (χ4v) is 7.34. The summed E-state index contributed by atoms with van der Waals surface area (Å²) in [6.07, 6.45) is 6.62. The zero-order valence-corrected chi connectivity index (χ0v) is 18.8. The van der Waals surface area contributed by atoms with Crippen LogP contribution in [0.3, 0.4) is 0 Å². The van der Waals surface area contributed by atoms with Gasteiger partial charge in [-0.3, -0.25) is 0 Å². The van der Waals surface area contributed by atoms with E-state index in [-0.39, 0.29) is 5.92 Å². The summed E-state index contributed by atoms with van der Waals surface area (Å²) < 4.78 is 0. The summed E-state index contributed by atoms with van der Waals surface area (Å²) in [7, 11) is 0. The van der Waals surface area contributed by atoms with Crippen molar-refractivity contribution in [1.82, 2.24) is 0 Å². The van der Waals surface area contributed by atoms with Gasteiger partial charge in [0.2, 0.25) is 0 Å². The minimum atomic E-state index is -0.921. The van der Waals surface area contributed by atoms with Gasteiger partial charge < -0.3 is 10.2 Å². The van der Waals surface area contributed by atoms with E-state index in [1.807, 2.05) is 6.08 Å². The van der Waals surface area contributed by atoms with Crippen LogP contribution in [0.4, 0.5) is 0 Å². The fourth-order valence-electron chi connectivity index (χ4n) is 7.34. The second kappa shape index (κ2) is 5.74. The molecule has 5 aromatic rings. The Labute approximate surface area is 203 Å². The van der Waals surface area contributed by atoms with Crippen LogP contribution in [0.15, 0.2) is 76.9 Å². The quantitative estimate of drug-likeness (QED) is 0.246. The summed E-state index contributed by atoms with van der Waals surface area (Å²) in [5.41, 5.74) is 7.77. The molecule has 168 valence electrons. The summed E-state index contributed by atoms with van der Waals surface area (Å²) in [5.74, 6) is -1.72. The van der Waals surface area contributed by atoms with Gasteiger partial charge in [0.15, 0.2) is 0 Å². The lowest BCUT2D eigenvalue weighted by molar-refractivity contribution is -0.132. The molecule has 4 aliphatic carbocycles. The normalized spacial score (nSPS) is 18.5. The Morgan fingerprint density at radius 3 is 2.14 bits per heavy atom.